The molecule has 19 heavy (non-hydrogen) atoms. The Morgan fingerprint density at radius 2 is 1.79 bits per heavy atom. The van der Waals surface area contributed by atoms with Crippen LogP contribution in [0, 0.1) is 19.8 Å². The molecule has 6 heteroatoms. The van der Waals surface area contributed by atoms with Gasteiger partial charge in [-0.2, -0.15) is 0 Å². The molecule has 1 atom stereocenters. The third-order valence-corrected chi connectivity index (χ3v) is 4.43. The van der Waals surface area contributed by atoms with E-state index in [1.807, 2.05) is 6.92 Å². The normalized spacial score (nSPS) is 13.5. The topological polar surface area (TPSA) is 86.3 Å². The van der Waals surface area contributed by atoms with Gasteiger partial charge in [-0.25, -0.2) is 13.1 Å². The van der Waals surface area contributed by atoms with Crippen LogP contribution in [0.25, 0.3) is 0 Å². The first-order chi connectivity index (χ1) is 8.65. The van der Waals surface area contributed by atoms with Gasteiger partial charge >= 0.3 is 0 Å². The quantitative estimate of drug-likeness (QED) is 0.845. The fourth-order valence-electron chi connectivity index (χ4n) is 1.57. The van der Waals surface area contributed by atoms with Gasteiger partial charge in [0.1, 0.15) is 0 Å². The van der Waals surface area contributed by atoms with E-state index in [0.717, 1.165) is 11.1 Å². The fourth-order valence-corrected chi connectivity index (χ4v) is 2.99. The van der Waals surface area contributed by atoms with Gasteiger partial charge in [0, 0.05) is 0 Å². The molecular formula is C13H18NO4S-. The van der Waals surface area contributed by atoms with E-state index < -0.39 is 28.0 Å². The summed E-state index contributed by atoms with van der Waals surface area (Å²) in [5.74, 6) is -1.83. The summed E-state index contributed by atoms with van der Waals surface area (Å²) in [5.41, 5.74) is 1.80. The number of carboxylic acids is 1. The molecule has 0 spiro atoms. The summed E-state index contributed by atoms with van der Waals surface area (Å²) in [4.78, 5) is 11.0. The first-order valence-corrected chi connectivity index (χ1v) is 7.44. The van der Waals surface area contributed by atoms with Crippen molar-refractivity contribution in [2.45, 2.75) is 38.6 Å². The smallest absolute Gasteiger partial charge is 0.241 e. The van der Waals surface area contributed by atoms with Crippen LogP contribution in [0.15, 0.2) is 23.1 Å². The summed E-state index contributed by atoms with van der Waals surface area (Å²) in [6, 6.07) is 3.42. The van der Waals surface area contributed by atoms with E-state index >= 15 is 0 Å². The molecule has 0 aliphatic carbocycles. The number of carboxylic acid groups (broad SMARTS) is 1. The number of benzene rings is 1. The Morgan fingerprint density at radius 1 is 1.21 bits per heavy atom. The average molecular weight is 284 g/mol. The lowest BCUT2D eigenvalue weighted by Crippen LogP contribution is -2.50. The molecule has 1 N–H and O–H groups in total. The highest BCUT2D eigenvalue weighted by Gasteiger charge is 2.23. The molecule has 0 amide bonds. The maximum absolute atomic E-state index is 12.1. The van der Waals surface area contributed by atoms with Gasteiger partial charge in [-0.15, -0.1) is 0 Å². The van der Waals surface area contributed by atoms with Crippen LogP contribution in [0.2, 0.25) is 0 Å². The third kappa shape index (κ3) is 3.78. The summed E-state index contributed by atoms with van der Waals surface area (Å²) in [7, 11) is -3.86. The van der Waals surface area contributed by atoms with Crippen molar-refractivity contribution >= 4 is 16.0 Å². The van der Waals surface area contributed by atoms with E-state index in [1.54, 1.807) is 26.8 Å². The van der Waals surface area contributed by atoms with Crippen molar-refractivity contribution < 1.29 is 18.3 Å². The monoisotopic (exact) mass is 284 g/mol. The minimum Gasteiger partial charge on any atom is -0.548 e. The summed E-state index contributed by atoms with van der Waals surface area (Å²) in [5, 5.41) is 10.9. The fraction of sp³-hybridized carbons (Fsp3) is 0.462. The number of hydrogen-bond donors (Lipinski definition) is 1. The van der Waals surface area contributed by atoms with E-state index in [-0.39, 0.29) is 4.90 Å². The first kappa shape index (κ1) is 15.7. The number of hydrogen-bond acceptors (Lipinski definition) is 4. The maximum atomic E-state index is 12.1. The highest BCUT2D eigenvalue weighted by molar-refractivity contribution is 7.89. The molecule has 1 aromatic rings. The van der Waals surface area contributed by atoms with Crippen molar-refractivity contribution in [1.82, 2.24) is 4.72 Å². The predicted molar refractivity (Wildman–Crippen MR) is 69.9 cm³/mol. The number of carbonyl (C=O) groups is 1. The molecule has 0 saturated heterocycles. The molecule has 0 fully saturated rings. The minimum absolute atomic E-state index is 0.0579. The summed E-state index contributed by atoms with van der Waals surface area (Å²) in [6.07, 6.45) is 0. The Labute approximate surface area is 113 Å². The van der Waals surface area contributed by atoms with E-state index in [4.69, 9.17) is 0 Å². The molecule has 0 aliphatic rings. The molecular weight excluding hydrogens is 266 g/mol. The van der Waals surface area contributed by atoms with Crippen LogP contribution in [-0.4, -0.2) is 20.4 Å². The standard InChI is InChI=1S/C13H19NO4S/c1-8(2)12(13(15)16)14-19(17,18)11-6-5-9(3)10(4)7-11/h5-8,12,14H,1-4H3,(H,15,16)/p-1/t12-/m0/s1. The molecule has 0 unspecified atom stereocenters. The minimum atomic E-state index is -3.86. The molecule has 5 nitrogen and oxygen atoms in total. The highest BCUT2D eigenvalue weighted by Crippen LogP contribution is 2.16. The van der Waals surface area contributed by atoms with Gasteiger partial charge < -0.3 is 9.90 Å². The second-order valence-electron chi connectivity index (χ2n) is 4.91. The number of aliphatic carboxylic acids is 1. The highest BCUT2D eigenvalue weighted by atomic mass is 32.2. The van der Waals surface area contributed by atoms with Gasteiger partial charge in [0.2, 0.25) is 10.0 Å². The zero-order valence-electron chi connectivity index (χ0n) is 11.4. The second-order valence-corrected chi connectivity index (χ2v) is 6.62. The number of carbonyl (C=O) groups excluding carboxylic acids is 1. The van der Waals surface area contributed by atoms with Crippen LogP contribution in [0.1, 0.15) is 25.0 Å². The molecule has 0 radical (unpaired) electrons. The molecule has 1 rings (SSSR count). The van der Waals surface area contributed by atoms with Crippen molar-refractivity contribution in [3.63, 3.8) is 0 Å². The Kier molecular flexibility index (Phi) is 4.70. The van der Waals surface area contributed by atoms with Gasteiger partial charge in [0.25, 0.3) is 0 Å². The molecule has 0 heterocycles. The van der Waals surface area contributed by atoms with Crippen molar-refractivity contribution in [2.24, 2.45) is 5.92 Å². The SMILES string of the molecule is Cc1ccc(S(=O)(=O)N[C@H](C(=O)[O-])C(C)C)cc1C. The zero-order valence-corrected chi connectivity index (χ0v) is 12.2. The van der Waals surface area contributed by atoms with Gasteiger partial charge in [-0.05, 0) is 43.0 Å². The number of rotatable bonds is 5. The van der Waals surface area contributed by atoms with Crippen LogP contribution < -0.4 is 9.83 Å². The van der Waals surface area contributed by atoms with Crippen molar-refractivity contribution in [3.05, 3.63) is 29.3 Å². The van der Waals surface area contributed by atoms with Crippen LogP contribution >= 0.6 is 0 Å². The van der Waals surface area contributed by atoms with E-state index in [1.165, 1.54) is 12.1 Å². The summed E-state index contributed by atoms with van der Waals surface area (Å²) in [6.45, 7) is 6.90. The lowest BCUT2D eigenvalue weighted by molar-refractivity contribution is -0.309. The van der Waals surface area contributed by atoms with Crippen molar-refractivity contribution in [2.75, 3.05) is 0 Å². The van der Waals surface area contributed by atoms with Gasteiger partial charge in [-0.3, -0.25) is 0 Å². The maximum Gasteiger partial charge on any atom is 0.241 e. The summed E-state index contributed by atoms with van der Waals surface area (Å²) < 4.78 is 26.4. The van der Waals surface area contributed by atoms with E-state index in [0.29, 0.717) is 0 Å². The van der Waals surface area contributed by atoms with Crippen molar-refractivity contribution in [1.29, 1.82) is 0 Å². The third-order valence-electron chi connectivity index (χ3n) is 2.99. The molecule has 0 aliphatic heterocycles. The Balaban J connectivity index is 3.10. The zero-order chi connectivity index (χ0) is 14.8. The second kappa shape index (κ2) is 5.71. The predicted octanol–water partition coefficient (Wildman–Crippen LogP) is 0.356. The Hall–Kier alpha value is -1.40. The summed E-state index contributed by atoms with van der Waals surface area (Å²) >= 11 is 0. The molecule has 106 valence electrons. The van der Waals surface area contributed by atoms with Crippen molar-refractivity contribution in [3.8, 4) is 0 Å². The van der Waals surface area contributed by atoms with Crippen LogP contribution in [0.3, 0.4) is 0 Å². The number of aryl methyl sites for hydroxylation is 2. The number of nitrogens with one attached hydrogen (secondary N) is 1. The average Bonchev–Trinajstić information content (AvgIpc) is 2.28. The van der Waals surface area contributed by atoms with E-state index in [2.05, 4.69) is 4.72 Å². The van der Waals surface area contributed by atoms with Crippen LogP contribution in [0.5, 0.6) is 0 Å². The molecule has 0 aromatic heterocycles. The van der Waals surface area contributed by atoms with Crippen LogP contribution in [-0.2, 0) is 14.8 Å². The van der Waals surface area contributed by atoms with Gasteiger partial charge in [0.15, 0.2) is 0 Å². The molecule has 0 saturated carbocycles. The molecule has 0 bridgehead atoms. The largest absolute Gasteiger partial charge is 0.548 e. The molecule has 1 aromatic carbocycles. The van der Waals surface area contributed by atoms with Gasteiger partial charge in [-0.1, -0.05) is 19.9 Å². The number of sulfonamides is 1. The lowest BCUT2D eigenvalue weighted by Gasteiger charge is -2.23. The lowest BCUT2D eigenvalue weighted by atomic mass is 10.1. The Morgan fingerprint density at radius 3 is 2.21 bits per heavy atom. The van der Waals surface area contributed by atoms with Crippen LogP contribution in [0.4, 0.5) is 0 Å². The first-order valence-electron chi connectivity index (χ1n) is 5.95. The van der Waals surface area contributed by atoms with E-state index in [9.17, 15) is 18.3 Å². The van der Waals surface area contributed by atoms with Gasteiger partial charge in [0.05, 0.1) is 16.9 Å². The Bertz CT molecular complexity index is 578.